The van der Waals surface area contributed by atoms with Gasteiger partial charge in [-0.2, -0.15) is 5.48 Å². The zero-order valence-electron chi connectivity index (χ0n) is 19.0. The molecule has 1 aromatic rings. The molecule has 2 fully saturated rings. The number of nitrogens with two attached hydrogens (primary N) is 1. The number of quaternary nitrogens is 1. The Morgan fingerprint density at radius 1 is 1.09 bits per heavy atom. The van der Waals surface area contributed by atoms with E-state index in [2.05, 4.69) is 0 Å². The van der Waals surface area contributed by atoms with E-state index in [1.54, 1.807) is 35.7 Å². The fourth-order valence-corrected chi connectivity index (χ4v) is 4.47. The number of likely N-dealkylation sites (tertiary alicyclic amines) is 2. The number of nitrogens with zero attached hydrogens (tertiary/aromatic N) is 3. The number of hydrogen-bond donors (Lipinski definition) is 2. The van der Waals surface area contributed by atoms with Crippen molar-refractivity contribution in [3.63, 3.8) is 0 Å². The van der Waals surface area contributed by atoms with Crippen molar-refractivity contribution in [2.24, 2.45) is 0 Å². The lowest BCUT2D eigenvalue weighted by atomic mass is 10.1. The standard InChI is InChI=1S/C24H31N4O5/c1-32-25-21-11-6-8-18(16-22(29)26-12-2-3-13-26)23(21)28(31)19-9-7-10-20(17-19)33-24(30)27-14-4-5-15-27/h6-11,25,31H,2-5,12-17H2,1H3/q+1/p+1/b28-19+. The normalized spacial score (nSPS) is 19.6. The van der Waals surface area contributed by atoms with Crippen LogP contribution in [0.1, 0.15) is 37.7 Å². The lowest BCUT2D eigenvalue weighted by Crippen LogP contribution is -2.76. The second kappa shape index (κ2) is 10.6. The molecule has 3 aliphatic rings. The molecule has 2 saturated heterocycles. The van der Waals surface area contributed by atoms with Gasteiger partial charge in [0.2, 0.25) is 17.3 Å². The van der Waals surface area contributed by atoms with Gasteiger partial charge in [-0.05, 0) is 31.8 Å². The van der Waals surface area contributed by atoms with Gasteiger partial charge in [-0.3, -0.25) is 10.0 Å². The van der Waals surface area contributed by atoms with Gasteiger partial charge in [0.15, 0.2) is 0 Å². The van der Waals surface area contributed by atoms with Gasteiger partial charge in [0, 0.05) is 48.6 Å². The maximum absolute atomic E-state index is 12.8. The quantitative estimate of drug-likeness (QED) is 0.296. The van der Waals surface area contributed by atoms with Crippen molar-refractivity contribution in [2.75, 3.05) is 33.3 Å². The summed E-state index contributed by atoms with van der Waals surface area (Å²) in [7, 11) is 1.54. The van der Waals surface area contributed by atoms with E-state index in [0.717, 1.165) is 43.5 Å². The molecule has 0 unspecified atom stereocenters. The maximum Gasteiger partial charge on any atom is 0.414 e. The van der Waals surface area contributed by atoms with Gasteiger partial charge < -0.3 is 14.5 Å². The van der Waals surface area contributed by atoms with Gasteiger partial charge in [-0.25, -0.2) is 9.63 Å². The summed E-state index contributed by atoms with van der Waals surface area (Å²) in [5.41, 5.74) is 3.91. The fourth-order valence-electron chi connectivity index (χ4n) is 4.47. The first-order chi connectivity index (χ1) is 16.1. The van der Waals surface area contributed by atoms with Crippen LogP contribution in [0.4, 0.5) is 16.2 Å². The van der Waals surface area contributed by atoms with Crippen LogP contribution in [-0.2, 0) is 20.8 Å². The minimum atomic E-state index is -0.358. The third-order valence-corrected chi connectivity index (χ3v) is 6.19. The molecule has 4 rings (SSSR count). The van der Waals surface area contributed by atoms with Crippen molar-refractivity contribution >= 4 is 29.1 Å². The highest BCUT2D eigenvalue weighted by Gasteiger charge is 2.31. The molecule has 0 atom stereocenters. The summed E-state index contributed by atoms with van der Waals surface area (Å²) in [6.07, 6.45) is 9.33. The Morgan fingerprint density at radius 3 is 2.48 bits per heavy atom. The van der Waals surface area contributed by atoms with E-state index in [4.69, 9.17) is 9.57 Å². The predicted molar refractivity (Wildman–Crippen MR) is 120 cm³/mol. The summed E-state index contributed by atoms with van der Waals surface area (Å²) < 4.78 is 6.65. The number of allylic oxidation sites excluding steroid dienone is 4. The van der Waals surface area contributed by atoms with E-state index in [1.807, 2.05) is 23.1 Å². The van der Waals surface area contributed by atoms with Crippen LogP contribution in [0.5, 0.6) is 0 Å². The Morgan fingerprint density at radius 2 is 1.79 bits per heavy atom. The number of carbonyl (C=O) groups is 2. The number of rotatable bonds is 6. The summed E-state index contributed by atoms with van der Waals surface area (Å²) in [4.78, 5) is 34.0. The molecule has 2 aliphatic heterocycles. The van der Waals surface area contributed by atoms with Crippen molar-refractivity contribution < 1.29 is 34.6 Å². The minimum Gasteiger partial charge on any atom is -0.414 e. The summed E-state index contributed by atoms with van der Waals surface area (Å²) >= 11 is 0. The van der Waals surface area contributed by atoms with Crippen molar-refractivity contribution in [2.45, 2.75) is 38.5 Å². The van der Waals surface area contributed by atoms with E-state index >= 15 is 0 Å². The smallest absolute Gasteiger partial charge is 0.414 e. The van der Waals surface area contributed by atoms with E-state index in [9.17, 15) is 14.8 Å². The molecule has 0 saturated carbocycles. The maximum atomic E-state index is 12.8. The third-order valence-electron chi connectivity index (χ3n) is 6.19. The van der Waals surface area contributed by atoms with Gasteiger partial charge in [-0.15, -0.1) is 0 Å². The molecule has 176 valence electrons. The van der Waals surface area contributed by atoms with Crippen molar-refractivity contribution in [1.29, 1.82) is 0 Å². The van der Waals surface area contributed by atoms with Crippen molar-refractivity contribution in [1.82, 2.24) is 9.80 Å². The first-order valence-electron chi connectivity index (χ1n) is 11.5. The molecule has 1 aliphatic carbocycles. The Hall–Kier alpha value is -3.17. The summed E-state index contributed by atoms with van der Waals surface area (Å²) in [5, 5.41) is 11.2. The summed E-state index contributed by atoms with van der Waals surface area (Å²) in [6.45, 7) is 2.97. The van der Waals surface area contributed by atoms with Crippen LogP contribution in [0.25, 0.3) is 0 Å². The van der Waals surface area contributed by atoms with Crippen molar-refractivity contribution in [3.8, 4) is 0 Å². The summed E-state index contributed by atoms with van der Waals surface area (Å²) in [5.74, 6) is 0.507. The second-order valence-electron chi connectivity index (χ2n) is 8.51. The molecule has 9 heteroatoms. The molecule has 0 radical (unpaired) electrons. The summed E-state index contributed by atoms with van der Waals surface area (Å²) in [6, 6.07) is 5.51. The average Bonchev–Trinajstić information content (AvgIpc) is 3.54. The zero-order valence-corrected chi connectivity index (χ0v) is 19.0. The van der Waals surface area contributed by atoms with Crippen LogP contribution in [0.2, 0.25) is 0 Å². The van der Waals surface area contributed by atoms with Gasteiger partial charge in [0.05, 0.1) is 20.0 Å². The SMILES string of the molecule is CO[NH2+]c1cccc(CC(=O)N2CCCC2)c1/[N+](O)=C1/C=CC=C(OC(=O)N2CCCC2)C1. The average molecular weight is 457 g/mol. The highest BCUT2D eigenvalue weighted by atomic mass is 16.6. The van der Waals surface area contributed by atoms with E-state index in [-0.39, 0.29) is 24.8 Å². The first-order valence-corrected chi connectivity index (χ1v) is 11.5. The number of para-hydroxylation sites is 1. The molecule has 9 nitrogen and oxygen atoms in total. The Kier molecular flexibility index (Phi) is 7.41. The Labute approximate surface area is 193 Å². The molecule has 0 spiro atoms. The topological polar surface area (TPSA) is 98.9 Å². The number of benzene rings is 1. The van der Waals surface area contributed by atoms with Crippen LogP contribution < -0.4 is 5.48 Å². The molecule has 0 bridgehead atoms. The van der Waals surface area contributed by atoms with Crippen LogP contribution >= 0.6 is 0 Å². The highest BCUT2D eigenvalue weighted by molar-refractivity contribution is 5.95. The molecule has 2 amide bonds. The number of carbonyl (C=O) groups excluding carboxylic acids is 2. The molecule has 2 heterocycles. The third kappa shape index (κ3) is 5.43. The molecular formula is C24H32N4O5+2. The largest absolute Gasteiger partial charge is 0.414 e. The van der Waals surface area contributed by atoms with Crippen LogP contribution in [-0.4, -0.2) is 70.7 Å². The Balaban J connectivity index is 1.58. The lowest BCUT2D eigenvalue weighted by Gasteiger charge is -2.17. The van der Waals surface area contributed by atoms with E-state index in [0.29, 0.717) is 41.5 Å². The van der Waals surface area contributed by atoms with Gasteiger partial charge in [-0.1, -0.05) is 18.2 Å². The number of ether oxygens (including phenoxy) is 1. The molecule has 0 aromatic heterocycles. The van der Waals surface area contributed by atoms with Crippen LogP contribution in [0.3, 0.4) is 0 Å². The van der Waals surface area contributed by atoms with Gasteiger partial charge >= 0.3 is 11.8 Å². The zero-order chi connectivity index (χ0) is 23.2. The van der Waals surface area contributed by atoms with Crippen molar-refractivity contribution in [3.05, 3.63) is 47.7 Å². The van der Waals surface area contributed by atoms with Gasteiger partial charge in [0.1, 0.15) is 5.76 Å². The van der Waals surface area contributed by atoms with Gasteiger partial charge in [0.25, 0.3) is 0 Å². The second-order valence-corrected chi connectivity index (χ2v) is 8.51. The van der Waals surface area contributed by atoms with E-state index < -0.39 is 0 Å². The van der Waals surface area contributed by atoms with E-state index in [1.165, 1.54) is 0 Å². The fraction of sp³-hybridized carbons (Fsp3) is 0.458. The number of amides is 2. The van der Waals surface area contributed by atoms with Crippen LogP contribution in [0.15, 0.2) is 42.2 Å². The molecule has 3 N–H and O–H groups in total. The number of hydrogen-bond acceptors (Lipinski definition) is 5. The minimum absolute atomic E-state index is 0.0426. The Bertz CT molecular complexity index is 989. The molecule has 33 heavy (non-hydrogen) atoms. The monoisotopic (exact) mass is 456 g/mol. The molecular weight excluding hydrogens is 424 g/mol. The first kappa shape index (κ1) is 23.0. The molecule has 1 aromatic carbocycles. The van der Waals surface area contributed by atoms with Crippen LogP contribution in [0, 0.1) is 0 Å². The predicted octanol–water partition coefficient (Wildman–Crippen LogP) is 2.16. The lowest BCUT2D eigenvalue weighted by molar-refractivity contribution is -0.834. The highest BCUT2D eigenvalue weighted by Crippen LogP contribution is 2.28.